The lowest BCUT2D eigenvalue weighted by atomic mass is 9.95. The van der Waals surface area contributed by atoms with Gasteiger partial charge in [0.2, 0.25) is 0 Å². The molecule has 210 valence electrons. The molecule has 0 bridgehead atoms. The van der Waals surface area contributed by atoms with Crippen molar-refractivity contribution in [3.05, 3.63) is 84.3 Å². The molecule has 2 aliphatic rings. The molecule has 2 aliphatic heterocycles. The van der Waals surface area contributed by atoms with Crippen LogP contribution in [0, 0.1) is 5.82 Å². The van der Waals surface area contributed by atoms with Crippen molar-refractivity contribution >= 4 is 56.4 Å². The number of hydrogen-bond donors (Lipinski definition) is 2. The number of benzene rings is 1. The van der Waals surface area contributed by atoms with Crippen LogP contribution in [0.3, 0.4) is 0 Å². The number of carboxylic acid groups (broad SMARTS) is 1. The second-order valence-corrected chi connectivity index (χ2v) is 11.8. The van der Waals surface area contributed by atoms with Crippen molar-refractivity contribution in [2.24, 2.45) is 4.99 Å². The average Bonchev–Trinajstić information content (AvgIpc) is 3.65. The molecule has 0 spiro atoms. The normalized spacial score (nSPS) is 19.2. The highest BCUT2D eigenvalue weighted by Gasteiger charge is 2.36. The van der Waals surface area contributed by atoms with Gasteiger partial charge < -0.3 is 15.2 Å². The van der Waals surface area contributed by atoms with Gasteiger partial charge in [-0.1, -0.05) is 22.0 Å². The van der Waals surface area contributed by atoms with E-state index in [0.717, 1.165) is 5.56 Å². The van der Waals surface area contributed by atoms with E-state index in [4.69, 9.17) is 9.73 Å². The first-order valence-corrected chi connectivity index (χ1v) is 15.3. The summed E-state index contributed by atoms with van der Waals surface area (Å²) < 4.78 is 19.9. The number of nitrogens with zero attached hydrogens (tertiary/aromatic N) is 4. The lowest BCUT2D eigenvalue weighted by Gasteiger charge is -2.38. The third-order valence-corrected chi connectivity index (χ3v) is 8.93. The SMILES string of the molecule is CCOC(=O)C1=C(CN2CCN(C(C(=O)O)c3ccsc3)CC2)NC(c2nccs2)=NC1c1ccc(F)cc1Br. The van der Waals surface area contributed by atoms with Gasteiger partial charge in [-0.25, -0.2) is 14.2 Å². The number of ether oxygens (including phenoxy) is 1. The smallest absolute Gasteiger partial charge is 0.338 e. The number of halogens is 2. The zero-order chi connectivity index (χ0) is 28.2. The summed E-state index contributed by atoms with van der Waals surface area (Å²) >= 11 is 6.35. The van der Waals surface area contributed by atoms with E-state index in [2.05, 4.69) is 31.1 Å². The van der Waals surface area contributed by atoms with Crippen LogP contribution in [0.25, 0.3) is 0 Å². The minimum absolute atomic E-state index is 0.188. The number of aromatic nitrogens is 1. The molecule has 4 heterocycles. The van der Waals surface area contributed by atoms with E-state index in [0.29, 0.717) is 64.9 Å². The zero-order valence-corrected chi connectivity index (χ0v) is 24.8. The summed E-state index contributed by atoms with van der Waals surface area (Å²) in [4.78, 5) is 38.8. The van der Waals surface area contributed by atoms with Crippen LogP contribution in [0.4, 0.5) is 4.39 Å². The number of rotatable bonds is 9. The summed E-state index contributed by atoms with van der Waals surface area (Å²) in [5.74, 6) is -1.27. The highest BCUT2D eigenvalue weighted by atomic mass is 79.9. The first-order valence-electron chi connectivity index (χ1n) is 12.7. The van der Waals surface area contributed by atoms with Crippen molar-refractivity contribution in [3.8, 4) is 0 Å². The maximum Gasteiger partial charge on any atom is 0.338 e. The number of aliphatic imine (C=N–C) groups is 1. The molecule has 2 N–H and O–H groups in total. The van der Waals surface area contributed by atoms with E-state index in [1.54, 1.807) is 19.2 Å². The van der Waals surface area contributed by atoms with E-state index >= 15 is 0 Å². The second kappa shape index (κ2) is 12.7. The molecule has 1 saturated heterocycles. The number of thiophene rings is 1. The molecule has 0 aliphatic carbocycles. The van der Waals surface area contributed by atoms with Gasteiger partial charge in [0, 0.05) is 54.5 Å². The molecule has 0 amide bonds. The number of aliphatic carboxylic acids is 1. The van der Waals surface area contributed by atoms with Gasteiger partial charge in [-0.15, -0.1) is 11.3 Å². The topological polar surface area (TPSA) is 107 Å². The van der Waals surface area contributed by atoms with E-state index in [1.165, 1.54) is 34.8 Å². The number of carbonyl (C=O) groups excluding carboxylic acids is 1. The first-order chi connectivity index (χ1) is 19.4. The third kappa shape index (κ3) is 6.18. The Morgan fingerprint density at radius 2 is 2.05 bits per heavy atom. The van der Waals surface area contributed by atoms with Gasteiger partial charge >= 0.3 is 11.9 Å². The summed E-state index contributed by atoms with van der Waals surface area (Å²) in [5, 5.41) is 19.5. The van der Waals surface area contributed by atoms with Crippen molar-refractivity contribution in [1.29, 1.82) is 0 Å². The molecule has 1 aromatic carbocycles. The van der Waals surface area contributed by atoms with Gasteiger partial charge in [-0.05, 0) is 47.0 Å². The number of thiazole rings is 1. The van der Waals surface area contributed by atoms with Crippen LogP contribution in [-0.4, -0.2) is 77.0 Å². The van der Waals surface area contributed by atoms with Crippen LogP contribution < -0.4 is 5.32 Å². The fraction of sp³-hybridized carbons (Fsp3) is 0.333. The summed E-state index contributed by atoms with van der Waals surface area (Å²) in [6.07, 6.45) is 1.68. The van der Waals surface area contributed by atoms with Crippen LogP contribution in [0.2, 0.25) is 0 Å². The number of hydrogen-bond acceptors (Lipinski definition) is 10. The number of carboxylic acids is 1. The Balaban J connectivity index is 1.45. The average molecular weight is 649 g/mol. The second-order valence-electron chi connectivity index (χ2n) is 9.23. The molecule has 40 heavy (non-hydrogen) atoms. The van der Waals surface area contributed by atoms with Crippen molar-refractivity contribution in [1.82, 2.24) is 20.1 Å². The minimum atomic E-state index is -0.870. The molecule has 13 heteroatoms. The Labute approximate surface area is 247 Å². The van der Waals surface area contributed by atoms with Crippen LogP contribution in [0.15, 0.2) is 67.3 Å². The quantitative estimate of drug-likeness (QED) is 0.328. The van der Waals surface area contributed by atoms with E-state index in [9.17, 15) is 19.1 Å². The van der Waals surface area contributed by atoms with E-state index < -0.39 is 29.8 Å². The minimum Gasteiger partial charge on any atom is -0.480 e. The standard InChI is InChI=1S/C27H27BrFN5O4S2/c1-2-38-27(37)21-20(14-33-7-9-34(10-8-33)23(26(35)36)16-5-11-39-15-16)31-24(25-30-6-12-40-25)32-22(21)18-4-3-17(29)13-19(18)28/h3-6,11-13,15,22-23H,2,7-10,14H2,1H3,(H,31,32)(H,35,36). The van der Waals surface area contributed by atoms with Crippen molar-refractivity contribution < 1.29 is 23.8 Å². The summed E-state index contributed by atoms with van der Waals surface area (Å²) in [6, 6.07) is 4.72. The summed E-state index contributed by atoms with van der Waals surface area (Å²) in [5.41, 5.74) is 2.38. The highest BCUT2D eigenvalue weighted by molar-refractivity contribution is 9.10. The highest BCUT2D eigenvalue weighted by Crippen LogP contribution is 2.37. The molecular formula is C27H27BrFN5O4S2. The Hall–Kier alpha value is -2.97. The monoisotopic (exact) mass is 647 g/mol. The molecular weight excluding hydrogens is 621 g/mol. The van der Waals surface area contributed by atoms with Crippen LogP contribution in [0.5, 0.6) is 0 Å². The predicted molar refractivity (Wildman–Crippen MR) is 155 cm³/mol. The molecule has 9 nitrogen and oxygen atoms in total. The molecule has 2 atom stereocenters. The van der Waals surface area contributed by atoms with Gasteiger partial charge in [0.05, 0.1) is 12.2 Å². The Kier molecular flexibility index (Phi) is 9.06. The van der Waals surface area contributed by atoms with Crippen molar-refractivity contribution in [3.63, 3.8) is 0 Å². The molecule has 3 aromatic rings. The van der Waals surface area contributed by atoms with Gasteiger partial charge in [-0.2, -0.15) is 11.3 Å². The Bertz CT molecular complexity index is 1420. The third-order valence-electron chi connectivity index (χ3n) is 6.76. The van der Waals surface area contributed by atoms with Crippen molar-refractivity contribution in [2.45, 2.75) is 19.0 Å². The maximum atomic E-state index is 14.0. The van der Waals surface area contributed by atoms with Gasteiger partial charge in [0.1, 0.15) is 17.9 Å². The summed E-state index contributed by atoms with van der Waals surface area (Å²) in [7, 11) is 0. The molecule has 0 radical (unpaired) electrons. The first kappa shape index (κ1) is 28.6. The van der Waals surface area contributed by atoms with Gasteiger partial charge in [0.25, 0.3) is 0 Å². The zero-order valence-electron chi connectivity index (χ0n) is 21.5. The number of carbonyl (C=O) groups is 2. The molecule has 2 aromatic heterocycles. The fourth-order valence-electron chi connectivity index (χ4n) is 4.91. The van der Waals surface area contributed by atoms with E-state index in [1.807, 2.05) is 27.1 Å². The molecule has 0 saturated carbocycles. The molecule has 2 unspecified atom stereocenters. The van der Waals surface area contributed by atoms with Crippen LogP contribution >= 0.6 is 38.6 Å². The van der Waals surface area contributed by atoms with Crippen molar-refractivity contribution in [2.75, 3.05) is 39.3 Å². The van der Waals surface area contributed by atoms with Crippen LogP contribution in [-0.2, 0) is 14.3 Å². The lowest BCUT2D eigenvalue weighted by molar-refractivity contribution is -0.144. The largest absolute Gasteiger partial charge is 0.480 e. The fourth-order valence-corrected chi connectivity index (χ4v) is 6.74. The molecule has 1 fully saturated rings. The summed E-state index contributed by atoms with van der Waals surface area (Å²) in [6.45, 7) is 4.62. The maximum absolute atomic E-state index is 14.0. The van der Waals surface area contributed by atoms with Gasteiger partial charge in [0.15, 0.2) is 10.8 Å². The number of nitrogens with one attached hydrogen (secondary N) is 1. The Morgan fingerprint density at radius 3 is 2.67 bits per heavy atom. The number of amidine groups is 1. The molecule has 5 rings (SSSR count). The lowest BCUT2D eigenvalue weighted by Crippen LogP contribution is -2.51. The predicted octanol–water partition coefficient (Wildman–Crippen LogP) is 4.46. The number of esters is 1. The number of piperazine rings is 1. The van der Waals surface area contributed by atoms with Gasteiger partial charge in [-0.3, -0.25) is 19.6 Å². The van der Waals surface area contributed by atoms with E-state index in [-0.39, 0.29) is 6.61 Å². The Morgan fingerprint density at radius 1 is 1.25 bits per heavy atom. The van der Waals surface area contributed by atoms with Crippen LogP contribution in [0.1, 0.15) is 35.1 Å².